The minimum Gasteiger partial charge on any atom is -0.545 e. The van der Waals surface area contributed by atoms with Crippen LogP contribution in [0.1, 0.15) is 103 Å². The molecule has 3 fully saturated rings. The fourth-order valence-corrected chi connectivity index (χ4v) is 8.28. The number of carboxylic acid groups (broad SMARTS) is 3. The van der Waals surface area contributed by atoms with Crippen LogP contribution in [-0.2, 0) is 53.8 Å². The van der Waals surface area contributed by atoms with E-state index in [0.29, 0.717) is 76.0 Å². The zero-order valence-corrected chi connectivity index (χ0v) is 48.7. The molecule has 0 saturated carbocycles. The third kappa shape index (κ3) is 19.0. The first-order valence-electron chi connectivity index (χ1n) is 23.8. The molecule has 9 rings (SSSR count). The van der Waals surface area contributed by atoms with Gasteiger partial charge in [0.15, 0.2) is 0 Å². The number of rotatable bonds is 18. The SMILES string of the molecule is O=C([O-])c1ccc(CN2CCCC2=O)c(OCc2ccccc2)c1.O=C([O-])c1ccc(CN2CCCC2=O)c(OCc2ccccc2)c1.O=C([O-])c1ccc(CN2CCCC2=O)c(OCc2ccccc2)c1.[Na+].[Na+].[Na+]. The molecule has 372 valence electrons. The van der Waals surface area contributed by atoms with E-state index in [1.54, 1.807) is 32.9 Å². The van der Waals surface area contributed by atoms with E-state index >= 15 is 0 Å². The van der Waals surface area contributed by atoms with Gasteiger partial charge in [-0.05, 0) is 54.2 Å². The second kappa shape index (κ2) is 31.6. The fourth-order valence-electron chi connectivity index (χ4n) is 8.28. The summed E-state index contributed by atoms with van der Waals surface area (Å²) in [6.07, 6.45) is 4.27. The van der Waals surface area contributed by atoms with Crippen LogP contribution in [0.15, 0.2) is 146 Å². The predicted octanol–water partition coefficient (Wildman–Crippen LogP) is -3.73. The van der Waals surface area contributed by atoms with E-state index in [0.717, 1.165) is 72.3 Å². The van der Waals surface area contributed by atoms with Gasteiger partial charge in [-0.15, -0.1) is 0 Å². The average molecular weight is 1040 g/mol. The third-order valence-corrected chi connectivity index (χ3v) is 12.2. The second-order valence-electron chi connectivity index (χ2n) is 17.4. The molecule has 3 saturated heterocycles. The summed E-state index contributed by atoms with van der Waals surface area (Å²) in [5.74, 6) is -1.97. The zero-order valence-electron chi connectivity index (χ0n) is 42.7. The van der Waals surface area contributed by atoms with Gasteiger partial charge in [0.25, 0.3) is 0 Å². The van der Waals surface area contributed by atoms with Crippen molar-refractivity contribution in [3.63, 3.8) is 0 Å². The molecule has 18 heteroatoms. The number of amides is 3. The van der Waals surface area contributed by atoms with E-state index in [-0.39, 0.29) is 123 Å². The van der Waals surface area contributed by atoms with Crippen LogP contribution in [0.25, 0.3) is 0 Å². The molecule has 6 aromatic carbocycles. The van der Waals surface area contributed by atoms with Gasteiger partial charge in [-0.1, -0.05) is 127 Å². The predicted molar refractivity (Wildman–Crippen MR) is 259 cm³/mol. The molecule has 0 bridgehead atoms. The van der Waals surface area contributed by atoms with Crippen LogP contribution in [0.4, 0.5) is 0 Å². The summed E-state index contributed by atoms with van der Waals surface area (Å²) in [5, 5.41) is 33.3. The van der Waals surface area contributed by atoms with Crippen molar-refractivity contribution in [3.05, 3.63) is 196 Å². The molecule has 0 aromatic heterocycles. The van der Waals surface area contributed by atoms with E-state index in [9.17, 15) is 44.1 Å². The van der Waals surface area contributed by atoms with Crippen LogP contribution >= 0.6 is 0 Å². The van der Waals surface area contributed by atoms with Crippen LogP contribution in [0.2, 0.25) is 0 Å². The zero-order chi connectivity index (χ0) is 50.8. The first-order valence-corrected chi connectivity index (χ1v) is 23.8. The Labute approximate surface area is 503 Å². The van der Waals surface area contributed by atoms with Crippen LogP contribution in [-0.4, -0.2) is 70.0 Å². The summed E-state index contributed by atoms with van der Waals surface area (Å²) in [5.41, 5.74) is 5.54. The third-order valence-electron chi connectivity index (χ3n) is 12.2. The first-order chi connectivity index (χ1) is 34.9. The van der Waals surface area contributed by atoms with E-state index in [2.05, 4.69) is 0 Å². The molecule has 3 amide bonds. The van der Waals surface area contributed by atoms with Gasteiger partial charge in [0.1, 0.15) is 37.1 Å². The molecule has 3 heterocycles. The number of hydrogen-bond acceptors (Lipinski definition) is 12. The van der Waals surface area contributed by atoms with E-state index in [1.807, 2.05) is 91.0 Å². The van der Waals surface area contributed by atoms with Gasteiger partial charge in [0.2, 0.25) is 17.7 Å². The van der Waals surface area contributed by atoms with Gasteiger partial charge in [-0.2, -0.15) is 0 Å². The molecular weight excluding hydrogens is 988 g/mol. The summed E-state index contributed by atoms with van der Waals surface area (Å²) in [4.78, 5) is 74.1. The van der Waals surface area contributed by atoms with Crippen LogP contribution in [0.3, 0.4) is 0 Å². The van der Waals surface area contributed by atoms with Crippen molar-refractivity contribution in [1.29, 1.82) is 0 Å². The van der Waals surface area contributed by atoms with E-state index < -0.39 is 17.9 Å². The van der Waals surface area contributed by atoms with Crippen molar-refractivity contribution in [2.24, 2.45) is 0 Å². The number of hydrogen-bond donors (Lipinski definition) is 0. The van der Waals surface area contributed by atoms with Gasteiger partial charge < -0.3 is 58.6 Å². The molecular formula is C57H54N3Na3O12. The summed E-state index contributed by atoms with van der Waals surface area (Å²) in [6, 6.07) is 42.8. The number of nitrogens with zero attached hydrogens (tertiary/aromatic N) is 3. The molecule has 0 aliphatic carbocycles. The number of ether oxygens (including phenoxy) is 3. The van der Waals surface area contributed by atoms with Gasteiger partial charge in [0.05, 0.1) is 17.9 Å². The minimum atomic E-state index is -1.25. The van der Waals surface area contributed by atoms with Crippen molar-refractivity contribution >= 4 is 35.6 Å². The molecule has 3 aliphatic rings. The summed E-state index contributed by atoms with van der Waals surface area (Å²) in [6.45, 7) is 4.44. The van der Waals surface area contributed by atoms with Crippen molar-refractivity contribution < 1.29 is 147 Å². The molecule has 0 atom stereocenters. The fraction of sp³-hybridized carbons (Fsp3) is 0.263. The molecule has 0 N–H and O–H groups in total. The van der Waals surface area contributed by atoms with Crippen molar-refractivity contribution in [2.45, 2.75) is 78.0 Å². The van der Waals surface area contributed by atoms with Crippen LogP contribution in [0, 0.1) is 0 Å². The van der Waals surface area contributed by atoms with Crippen LogP contribution < -0.4 is 118 Å². The quantitative estimate of drug-likeness (QED) is 0.0762. The van der Waals surface area contributed by atoms with Gasteiger partial charge in [-0.25, -0.2) is 0 Å². The number of benzene rings is 6. The molecule has 0 spiro atoms. The number of carboxylic acids is 3. The molecule has 15 nitrogen and oxygen atoms in total. The summed E-state index contributed by atoms with van der Waals surface area (Å²) >= 11 is 0. The van der Waals surface area contributed by atoms with Crippen molar-refractivity contribution in [1.82, 2.24) is 14.7 Å². The van der Waals surface area contributed by atoms with Crippen molar-refractivity contribution in [2.75, 3.05) is 19.6 Å². The Hall–Kier alpha value is -5.46. The molecule has 3 aliphatic heterocycles. The Kier molecular flexibility index (Phi) is 26.1. The molecule has 0 radical (unpaired) electrons. The Morgan fingerprint density at radius 2 is 0.640 bits per heavy atom. The number of carbonyl (C=O) groups is 6. The monoisotopic (exact) mass is 1040 g/mol. The normalized spacial score (nSPS) is 13.4. The summed E-state index contributed by atoms with van der Waals surface area (Å²) in [7, 11) is 0. The van der Waals surface area contributed by atoms with Gasteiger partial charge in [-0.3, -0.25) is 14.4 Å². The Balaban J connectivity index is 0.000000239. The van der Waals surface area contributed by atoms with E-state index in [4.69, 9.17) is 14.2 Å². The smallest absolute Gasteiger partial charge is 0.545 e. The largest absolute Gasteiger partial charge is 1.00 e. The maximum atomic E-state index is 11.8. The molecule has 6 aromatic rings. The topological polar surface area (TPSA) is 209 Å². The Morgan fingerprint density at radius 3 is 0.853 bits per heavy atom. The standard InChI is InChI=1S/3C19H19NO4.3Na/c3*21-18-7-4-10-20(18)12-16-9-8-15(19(22)23)11-17(16)24-13-14-5-2-1-3-6-14;;;/h3*1-3,5-6,8-9,11H,4,7,10,12-13H2,(H,22,23);;;/q;;;3*+1/p-3. The average Bonchev–Trinajstić information content (AvgIpc) is 4.13. The van der Waals surface area contributed by atoms with Gasteiger partial charge in [0, 0.05) is 91.9 Å². The van der Waals surface area contributed by atoms with E-state index in [1.165, 1.54) is 36.4 Å². The number of likely N-dealkylation sites (tertiary alicyclic amines) is 3. The number of aromatic carboxylic acids is 3. The Morgan fingerprint density at radius 1 is 0.387 bits per heavy atom. The first kappa shape index (κ1) is 62.1. The maximum Gasteiger partial charge on any atom is 1.00 e. The van der Waals surface area contributed by atoms with Crippen molar-refractivity contribution in [3.8, 4) is 17.2 Å². The maximum absolute atomic E-state index is 11.8. The minimum absolute atomic E-state index is 0. The van der Waals surface area contributed by atoms with Crippen LogP contribution in [0.5, 0.6) is 17.2 Å². The molecule has 75 heavy (non-hydrogen) atoms. The summed E-state index contributed by atoms with van der Waals surface area (Å²) < 4.78 is 17.5. The Bertz CT molecular complexity index is 2550. The van der Waals surface area contributed by atoms with Gasteiger partial charge >= 0.3 is 88.7 Å². The number of carbonyl (C=O) groups excluding carboxylic acids is 6. The second-order valence-corrected chi connectivity index (χ2v) is 17.4. The molecule has 0 unspecified atom stereocenters.